The number of carboxylic acid groups (broad SMARTS) is 1. The number of nitriles is 1. The van der Waals surface area contributed by atoms with Gasteiger partial charge in [0.25, 0.3) is 5.56 Å². The van der Waals surface area contributed by atoms with Gasteiger partial charge in [-0.1, -0.05) is 12.1 Å². The Morgan fingerprint density at radius 3 is 2.52 bits per heavy atom. The molecule has 2 aromatic rings. The molecule has 0 aliphatic carbocycles. The van der Waals surface area contributed by atoms with Gasteiger partial charge in [-0.25, -0.2) is 4.79 Å². The van der Waals surface area contributed by atoms with E-state index in [1.165, 1.54) is 10.1 Å². The number of hydrogen-bond donors (Lipinski definition) is 2. The van der Waals surface area contributed by atoms with E-state index in [9.17, 15) is 14.7 Å². The van der Waals surface area contributed by atoms with Crippen molar-refractivity contribution < 1.29 is 9.90 Å². The van der Waals surface area contributed by atoms with Crippen LogP contribution in [0.15, 0.2) is 29.1 Å². The first kappa shape index (κ1) is 22.7. The molecule has 1 fully saturated rings. The predicted octanol–water partition coefficient (Wildman–Crippen LogP) is 0.329. The maximum Gasteiger partial charge on any atom is 0.349 e. The molecule has 164 valence electrons. The third-order valence-electron chi connectivity index (χ3n) is 5.40. The normalized spacial score (nSPS) is 16.7. The van der Waals surface area contributed by atoms with Crippen LogP contribution in [0.4, 0.5) is 5.69 Å². The quantitative estimate of drug-likeness (QED) is 0.638. The van der Waals surface area contributed by atoms with E-state index in [0.717, 1.165) is 56.2 Å². The molecule has 3 rings (SSSR count). The lowest BCUT2D eigenvalue weighted by atomic mass is 10.1. The first-order chi connectivity index (χ1) is 14.9. The van der Waals surface area contributed by atoms with E-state index in [1.807, 2.05) is 12.1 Å². The first-order valence-electron chi connectivity index (χ1n) is 10.3. The molecule has 0 unspecified atom stereocenters. The number of anilines is 1. The number of nitrogens with zero attached hydrogens (tertiary/aromatic N) is 4. The van der Waals surface area contributed by atoms with E-state index in [2.05, 4.69) is 34.3 Å². The van der Waals surface area contributed by atoms with E-state index in [1.54, 1.807) is 19.2 Å². The van der Waals surface area contributed by atoms with E-state index >= 15 is 0 Å². The van der Waals surface area contributed by atoms with E-state index in [4.69, 9.17) is 5.26 Å². The van der Waals surface area contributed by atoms with Gasteiger partial charge < -0.3 is 20.2 Å². The fourth-order valence-corrected chi connectivity index (χ4v) is 4.54. The Hall–Kier alpha value is -2.93. The van der Waals surface area contributed by atoms with Crippen LogP contribution in [0.25, 0.3) is 11.8 Å². The molecule has 31 heavy (non-hydrogen) atoms. The molecule has 0 amide bonds. The van der Waals surface area contributed by atoms with Crippen LogP contribution in [-0.4, -0.2) is 65.2 Å². The van der Waals surface area contributed by atoms with Crippen molar-refractivity contribution in [3.63, 3.8) is 0 Å². The number of aliphatic carboxylic acids is 1. The smallest absolute Gasteiger partial charge is 0.349 e. The maximum atomic E-state index is 12.6. The van der Waals surface area contributed by atoms with Gasteiger partial charge >= 0.3 is 5.97 Å². The average molecular weight is 442 g/mol. The average Bonchev–Trinajstić information content (AvgIpc) is 3.08. The van der Waals surface area contributed by atoms with Crippen LogP contribution < -0.4 is 20.1 Å². The van der Waals surface area contributed by atoms with E-state index in [-0.39, 0.29) is 10.2 Å². The topological polar surface area (TPSA) is 102 Å². The Bertz CT molecular complexity index is 1140. The number of carbonyl (C=O) groups is 1. The van der Waals surface area contributed by atoms with Crippen molar-refractivity contribution in [3.05, 3.63) is 49.4 Å². The van der Waals surface area contributed by atoms with Crippen LogP contribution in [0.5, 0.6) is 0 Å². The predicted molar refractivity (Wildman–Crippen MR) is 122 cm³/mol. The maximum absolute atomic E-state index is 12.6. The first-order valence-corrected chi connectivity index (χ1v) is 11.1. The van der Waals surface area contributed by atoms with Gasteiger partial charge in [-0.05, 0) is 38.1 Å². The summed E-state index contributed by atoms with van der Waals surface area (Å²) >= 11 is 1.00. The summed E-state index contributed by atoms with van der Waals surface area (Å²) in [5.74, 6) is -1.34. The molecule has 1 saturated heterocycles. The molecule has 0 spiro atoms. The van der Waals surface area contributed by atoms with Gasteiger partial charge in [0, 0.05) is 51.2 Å². The summed E-state index contributed by atoms with van der Waals surface area (Å²) in [5, 5.41) is 21.5. The Balaban J connectivity index is 1.71. The highest BCUT2D eigenvalue weighted by molar-refractivity contribution is 7.07. The minimum atomic E-state index is -1.34. The molecule has 0 atom stereocenters. The summed E-state index contributed by atoms with van der Waals surface area (Å²) in [4.78, 5) is 28.7. The van der Waals surface area contributed by atoms with Crippen molar-refractivity contribution in [2.45, 2.75) is 19.9 Å². The molecule has 8 nitrogen and oxygen atoms in total. The monoisotopic (exact) mass is 441 g/mol. The highest BCUT2D eigenvalue weighted by atomic mass is 32.1. The molecule has 1 aromatic carbocycles. The molecule has 0 bridgehead atoms. The van der Waals surface area contributed by atoms with Crippen LogP contribution in [0.1, 0.15) is 12.5 Å². The van der Waals surface area contributed by atoms with Crippen LogP contribution in [-0.2, 0) is 17.8 Å². The molecular weight excluding hydrogens is 414 g/mol. The molecule has 0 radical (unpaired) electrons. The number of hydrogen-bond acceptors (Lipinski definition) is 7. The van der Waals surface area contributed by atoms with Crippen LogP contribution in [0.2, 0.25) is 0 Å². The Morgan fingerprint density at radius 1 is 1.26 bits per heavy atom. The molecule has 1 aromatic heterocycles. The van der Waals surface area contributed by atoms with Gasteiger partial charge in [-0.3, -0.25) is 9.36 Å². The van der Waals surface area contributed by atoms with Crippen molar-refractivity contribution in [1.29, 1.82) is 5.26 Å². The van der Waals surface area contributed by atoms with Gasteiger partial charge in [-0.2, -0.15) is 5.26 Å². The zero-order valence-electron chi connectivity index (χ0n) is 17.8. The number of aromatic nitrogens is 1. The number of carboxylic acids is 1. The second-order valence-corrected chi connectivity index (χ2v) is 8.52. The number of likely N-dealkylation sites (N-methyl/N-ethyl adjacent to an activating group) is 1. The SMILES string of the molecule is CCn1c(=O)/c(=C\Nc2ccc(CCN3CCN(C)CC3)cc2)s/c1=C(/C#N)C(=O)O. The lowest BCUT2D eigenvalue weighted by Crippen LogP contribution is -2.45. The Morgan fingerprint density at radius 2 is 1.94 bits per heavy atom. The highest BCUT2D eigenvalue weighted by Gasteiger charge is 2.14. The van der Waals surface area contributed by atoms with Crippen LogP contribution in [0, 0.1) is 11.3 Å². The fourth-order valence-electron chi connectivity index (χ4n) is 3.45. The van der Waals surface area contributed by atoms with Crippen molar-refractivity contribution in [1.82, 2.24) is 14.4 Å². The van der Waals surface area contributed by atoms with Crippen LogP contribution in [0.3, 0.4) is 0 Å². The lowest BCUT2D eigenvalue weighted by molar-refractivity contribution is -0.130. The highest BCUT2D eigenvalue weighted by Crippen LogP contribution is 2.11. The third kappa shape index (κ3) is 5.61. The standard InChI is InChI=1S/C22H27N5O3S/c1-3-27-20(28)19(31-21(27)18(14-23)22(29)30)15-24-17-6-4-16(5-7-17)8-9-26-12-10-25(2)11-13-26/h4-7,15,24H,3,8-13H2,1-2H3,(H,29,30)/b19-15+,21-18-. The summed E-state index contributed by atoms with van der Waals surface area (Å²) in [5.41, 5.74) is 1.36. The van der Waals surface area contributed by atoms with Gasteiger partial charge in [0.05, 0.1) is 0 Å². The van der Waals surface area contributed by atoms with E-state index in [0.29, 0.717) is 11.1 Å². The van der Waals surface area contributed by atoms with Crippen molar-refractivity contribution >= 4 is 34.8 Å². The van der Waals surface area contributed by atoms with Crippen molar-refractivity contribution in [2.75, 3.05) is 45.1 Å². The van der Waals surface area contributed by atoms with Crippen molar-refractivity contribution in [2.24, 2.45) is 0 Å². The summed E-state index contributed by atoms with van der Waals surface area (Å²) in [6.07, 6.45) is 2.56. The summed E-state index contributed by atoms with van der Waals surface area (Å²) < 4.78 is 1.83. The van der Waals surface area contributed by atoms with E-state index < -0.39 is 11.5 Å². The van der Waals surface area contributed by atoms with Crippen LogP contribution >= 0.6 is 11.3 Å². The fraction of sp³-hybridized carbons (Fsp3) is 0.409. The second kappa shape index (κ2) is 10.4. The van der Waals surface area contributed by atoms with Crippen molar-refractivity contribution in [3.8, 4) is 6.07 Å². The number of benzene rings is 1. The Labute approximate surface area is 184 Å². The largest absolute Gasteiger partial charge is 0.477 e. The Kier molecular flexibility index (Phi) is 7.63. The molecule has 2 N–H and O–H groups in total. The molecule has 9 heteroatoms. The summed E-state index contributed by atoms with van der Waals surface area (Å²) in [6, 6.07) is 9.75. The van der Waals surface area contributed by atoms with Gasteiger partial charge in [0.1, 0.15) is 15.3 Å². The molecular formula is C22H27N5O3S. The lowest BCUT2D eigenvalue weighted by Gasteiger charge is -2.32. The zero-order chi connectivity index (χ0) is 22.4. The van der Waals surface area contributed by atoms with Gasteiger partial charge in [-0.15, -0.1) is 11.3 Å². The second-order valence-electron chi connectivity index (χ2n) is 7.49. The summed E-state index contributed by atoms with van der Waals surface area (Å²) in [7, 11) is 2.15. The molecule has 2 heterocycles. The molecule has 0 saturated carbocycles. The number of rotatable bonds is 7. The van der Waals surface area contributed by atoms with Gasteiger partial charge in [0.15, 0.2) is 5.57 Å². The van der Waals surface area contributed by atoms with Gasteiger partial charge in [0.2, 0.25) is 0 Å². The zero-order valence-corrected chi connectivity index (χ0v) is 18.6. The number of nitrogens with one attached hydrogen (secondary N) is 1. The number of piperazine rings is 1. The third-order valence-corrected chi connectivity index (χ3v) is 6.53. The summed E-state index contributed by atoms with van der Waals surface area (Å²) in [6.45, 7) is 7.52. The molecule has 1 aliphatic heterocycles. The minimum absolute atomic E-state index is 0.162. The molecule has 1 aliphatic rings. The number of thiazole rings is 1. The minimum Gasteiger partial charge on any atom is -0.477 e.